The summed E-state index contributed by atoms with van der Waals surface area (Å²) in [7, 11) is 3.38. The highest BCUT2D eigenvalue weighted by Crippen LogP contribution is 2.17. The van der Waals surface area contributed by atoms with Gasteiger partial charge in [0.05, 0.1) is 18.1 Å². The third kappa shape index (κ3) is 3.83. The number of nitrogens with zero attached hydrogens (tertiary/aromatic N) is 1. The fourth-order valence-corrected chi connectivity index (χ4v) is 1.83. The average Bonchev–Trinajstić information content (AvgIpc) is 2.57. The summed E-state index contributed by atoms with van der Waals surface area (Å²) in [4.78, 5) is 10.7. The van der Waals surface area contributed by atoms with E-state index < -0.39 is 0 Å². The van der Waals surface area contributed by atoms with Crippen LogP contribution in [-0.2, 0) is 4.74 Å². The summed E-state index contributed by atoms with van der Waals surface area (Å²) < 4.78 is 5.59. The zero-order valence-corrected chi connectivity index (χ0v) is 10.2. The molecule has 0 aromatic carbocycles. The molecule has 0 aromatic rings. The quantitative estimate of drug-likeness (QED) is 0.420. The summed E-state index contributed by atoms with van der Waals surface area (Å²) in [6, 6.07) is 0. The standard InChI is InChI=1S/C11H19N3O3/c1-12-8-9(14(15)16)11(13-2)10-6-4-3-5-7-17-10/h3,5,10,12-13H,4,6-8H2,1-2H3/b11-9+. The Bertz CT molecular complexity index is 316. The third-order valence-electron chi connectivity index (χ3n) is 2.62. The monoisotopic (exact) mass is 241 g/mol. The van der Waals surface area contributed by atoms with Crippen LogP contribution in [0.15, 0.2) is 23.5 Å². The lowest BCUT2D eigenvalue weighted by Crippen LogP contribution is -2.30. The minimum Gasteiger partial charge on any atom is -0.384 e. The van der Waals surface area contributed by atoms with Crippen LogP contribution in [0.2, 0.25) is 0 Å². The molecule has 0 radical (unpaired) electrons. The highest BCUT2D eigenvalue weighted by molar-refractivity contribution is 5.13. The fraction of sp³-hybridized carbons (Fsp3) is 0.636. The van der Waals surface area contributed by atoms with Crippen LogP contribution in [0.25, 0.3) is 0 Å². The van der Waals surface area contributed by atoms with Gasteiger partial charge in [0.15, 0.2) is 0 Å². The van der Waals surface area contributed by atoms with Gasteiger partial charge in [-0.15, -0.1) is 0 Å². The van der Waals surface area contributed by atoms with Gasteiger partial charge in [0.1, 0.15) is 11.8 Å². The topological polar surface area (TPSA) is 76.4 Å². The summed E-state index contributed by atoms with van der Waals surface area (Å²) in [5.41, 5.74) is 0.704. The first-order valence-electron chi connectivity index (χ1n) is 5.67. The van der Waals surface area contributed by atoms with Crippen LogP contribution >= 0.6 is 0 Å². The summed E-state index contributed by atoms with van der Waals surface area (Å²) in [6.45, 7) is 0.719. The van der Waals surface area contributed by atoms with E-state index in [-0.39, 0.29) is 23.3 Å². The Labute approximate surface area is 101 Å². The molecule has 0 saturated heterocycles. The van der Waals surface area contributed by atoms with Crippen molar-refractivity contribution in [1.82, 2.24) is 10.6 Å². The molecule has 1 unspecified atom stereocenters. The molecule has 1 heterocycles. The predicted molar refractivity (Wildman–Crippen MR) is 65.1 cm³/mol. The smallest absolute Gasteiger partial charge is 0.281 e. The van der Waals surface area contributed by atoms with E-state index in [0.29, 0.717) is 12.3 Å². The molecular weight excluding hydrogens is 222 g/mol. The van der Waals surface area contributed by atoms with Crippen LogP contribution in [0.3, 0.4) is 0 Å². The van der Waals surface area contributed by atoms with Gasteiger partial charge in [-0.05, 0) is 19.9 Å². The van der Waals surface area contributed by atoms with Gasteiger partial charge in [0.2, 0.25) is 0 Å². The summed E-state index contributed by atoms with van der Waals surface area (Å²) in [6.07, 6.45) is 5.38. The predicted octanol–water partition coefficient (Wildman–Crippen LogP) is 0.649. The Balaban J connectivity index is 2.92. The molecular formula is C11H19N3O3. The Hall–Kier alpha value is -1.40. The van der Waals surface area contributed by atoms with Gasteiger partial charge < -0.3 is 15.4 Å². The van der Waals surface area contributed by atoms with Crippen LogP contribution < -0.4 is 10.6 Å². The fourth-order valence-electron chi connectivity index (χ4n) is 1.83. The molecule has 17 heavy (non-hydrogen) atoms. The first-order valence-corrected chi connectivity index (χ1v) is 5.67. The SMILES string of the molecule is CNC/C(=C(\NC)C1CCC=CCO1)[N+](=O)[O-]. The van der Waals surface area contributed by atoms with E-state index in [1.807, 2.05) is 12.2 Å². The minimum absolute atomic E-state index is 0.141. The van der Waals surface area contributed by atoms with Crippen LogP contribution in [0.4, 0.5) is 0 Å². The molecule has 0 spiro atoms. The summed E-state index contributed by atoms with van der Waals surface area (Å²) in [5, 5.41) is 16.7. The van der Waals surface area contributed by atoms with Crippen LogP contribution in [0.1, 0.15) is 12.8 Å². The summed E-state index contributed by atoms with van der Waals surface area (Å²) >= 11 is 0. The Kier molecular flexibility index (Phi) is 5.65. The molecule has 1 rings (SSSR count). The second-order valence-corrected chi connectivity index (χ2v) is 3.77. The summed E-state index contributed by atoms with van der Waals surface area (Å²) in [5.74, 6) is 0. The second-order valence-electron chi connectivity index (χ2n) is 3.77. The number of allylic oxidation sites excluding steroid dienone is 1. The number of hydrogen-bond donors (Lipinski definition) is 2. The van der Waals surface area contributed by atoms with E-state index in [9.17, 15) is 10.1 Å². The van der Waals surface area contributed by atoms with E-state index in [2.05, 4.69) is 10.6 Å². The Morgan fingerprint density at radius 1 is 1.53 bits per heavy atom. The van der Waals surface area contributed by atoms with Crippen LogP contribution in [0, 0.1) is 10.1 Å². The highest BCUT2D eigenvalue weighted by atomic mass is 16.6. The van der Waals surface area contributed by atoms with Gasteiger partial charge in [0, 0.05) is 7.05 Å². The van der Waals surface area contributed by atoms with Crippen molar-refractivity contribution in [2.24, 2.45) is 0 Å². The molecule has 96 valence electrons. The molecule has 0 bridgehead atoms. The van der Waals surface area contributed by atoms with Crippen molar-refractivity contribution in [3.63, 3.8) is 0 Å². The van der Waals surface area contributed by atoms with Crippen LogP contribution in [-0.4, -0.2) is 38.3 Å². The molecule has 1 aliphatic heterocycles. The maximum absolute atomic E-state index is 11.0. The second kappa shape index (κ2) is 7.03. The van der Waals surface area contributed by atoms with Crippen molar-refractivity contribution in [3.05, 3.63) is 33.7 Å². The number of rotatable bonds is 5. The molecule has 1 atom stereocenters. The Morgan fingerprint density at radius 2 is 2.29 bits per heavy atom. The highest BCUT2D eigenvalue weighted by Gasteiger charge is 2.25. The van der Waals surface area contributed by atoms with Gasteiger partial charge >= 0.3 is 0 Å². The zero-order valence-electron chi connectivity index (χ0n) is 10.2. The third-order valence-corrected chi connectivity index (χ3v) is 2.62. The van der Waals surface area contributed by atoms with E-state index in [1.165, 1.54) is 0 Å². The molecule has 1 aliphatic rings. The number of hydrogen-bond acceptors (Lipinski definition) is 5. The molecule has 0 saturated carbocycles. The van der Waals surface area contributed by atoms with E-state index in [0.717, 1.165) is 12.8 Å². The van der Waals surface area contributed by atoms with E-state index in [4.69, 9.17) is 4.74 Å². The minimum atomic E-state index is -0.357. The largest absolute Gasteiger partial charge is 0.384 e. The first-order chi connectivity index (χ1) is 8.20. The van der Waals surface area contributed by atoms with Crippen LogP contribution in [0.5, 0.6) is 0 Å². The van der Waals surface area contributed by atoms with Crippen molar-refractivity contribution in [1.29, 1.82) is 0 Å². The number of ether oxygens (including phenoxy) is 1. The molecule has 6 heteroatoms. The molecule has 0 aliphatic carbocycles. The average molecular weight is 241 g/mol. The Morgan fingerprint density at radius 3 is 2.88 bits per heavy atom. The number of nitrogens with one attached hydrogen (secondary N) is 2. The van der Waals surface area contributed by atoms with Crippen molar-refractivity contribution in [3.8, 4) is 0 Å². The maximum Gasteiger partial charge on any atom is 0.281 e. The number of likely N-dealkylation sites (N-methyl/N-ethyl adjacent to an activating group) is 2. The maximum atomic E-state index is 11.0. The lowest BCUT2D eigenvalue weighted by molar-refractivity contribution is -0.428. The zero-order chi connectivity index (χ0) is 12.7. The molecule has 6 nitrogen and oxygen atoms in total. The van der Waals surface area contributed by atoms with Crippen molar-refractivity contribution in [2.75, 3.05) is 27.2 Å². The van der Waals surface area contributed by atoms with Crippen molar-refractivity contribution in [2.45, 2.75) is 18.9 Å². The van der Waals surface area contributed by atoms with Crippen molar-refractivity contribution >= 4 is 0 Å². The van der Waals surface area contributed by atoms with E-state index in [1.54, 1.807) is 14.1 Å². The van der Waals surface area contributed by atoms with Gasteiger partial charge in [-0.1, -0.05) is 12.2 Å². The molecule has 2 N–H and O–H groups in total. The molecule has 0 amide bonds. The first kappa shape index (κ1) is 13.7. The number of nitro groups is 1. The lowest BCUT2D eigenvalue weighted by Gasteiger charge is -2.18. The van der Waals surface area contributed by atoms with E-state index >= 15 is 0 Å². The van der Waals surface area contributed by atoms with Gasteiger partial charge in [-0.2, -0.15) is 0 Å². The molecule has 0 fully saturated rings. The normalized spacial score (nSPS) is 21.6. The molecule has 0 aromatic heterocycles. The van der Waals surface area contributed by atoms with Gasteiger partial charge in [-0.25, -0.2) is 0 Å². The van der Waals surface area contributed by atoms with Crippen molar-refractivity contribution < 1.29 is 9.66 Å². The van der Waals surface area contributed by atoms with Gasteiger partial charge in [-0.3, -0.25) is 10.1 Å². The van der Waals surface area contributed by atoms with Gasteiger partial charge in [0.25, 0.3) is 5.70 Å². The lowest BCUT2D eigenvalue weighted by atomic mass is 10.1.